The predicted molar refractivity (Wildman–Crippen MR) is 114 cm³/mol. The van der Waals surface area contributed by atoms with Gasteiger partial charge >= 0.3 is 0 Å². The summed E-state index contributed by atoms with van der Waals surface area (Å²) in [6.07, 6.45) is 2.16. The maximum Gasteiger partial charge on any atom is 0.173 e. The van der Waals surface area contributed by atoms with Gasteiger partial charge in [-0.25, -0.2) is 4.98 Å². The Balaban J connectivity index is 1.47. The van der Waals surface area contributed by atoms with E-state index in [1.165, 1.54) is 0 Å². The van der Waals surface area contributed by atoms with Crippen LogP contribution < -0.4 is 10.1 Å². The molecule has 0 aliphatic carbocycles. The number of hydrogen-bond acceptors (Lipinski definition) is 3. The Morgan fingerprint density at radius 2 is 2.22 bits per heavy atom. The fourth-order valence-corrected chi connectivity index (χ4v) is 3.94. The summed E-state index contributed by atoms with van der Waals surface area (Å²) in [7, 11) is 1.66. The van der Waals surface area contributed by atoms with Crippen LogP contribution in [0.2, 0.25) is 5.02 Å². The van der Waals surface area contributed by atoms with Crippen molar-refractivity contribution in [1.82, 2.24) is 14.9 Å². The van der Waals surface area contributed by atoms with Gasteiger partial charge in [-0.1, -0.05) is 17.7 Å². The topological polar surface area (TPSA) is 53.2 Å². The van der Waals surface area contributed by atoms with Gasteiger partial charge in [0, 0.05) is 35.8 Å². The Labute approximate surface area is 168 Å². The van der Waals surface area contributed by atoms with Gasteiger partial charge in [0.2, 0.25) is 0 Å². The average Bonchev–Trinajstić information content (AvgIpc) is 3.11. The zero-order chi connectivity index (χ0) is 18.8. The van der Waals surface area contributed by atoms with Gasteiger partial charge in [-0.05, 0) is 55.4 Å². The number of benzene rings is 2. The summed E-state index contributed by atoms with van der Waals surface area (Å²) >= 11 is 11.7. The molecule has 1 fully saturated rings. The molecule has 4 rings (SSSR count). The third kappa shape index (κ3) is 4.01. The summed E-state index contributed by atoms with van der Waals surface area (Å²) in [5.74, 6) is 2.12. The number of rotatable bonds is 3. The van der Waals surface area contributed by atoms with Crippen molar-refractivity contribution in [1.29, 1.82) is 0 Å². The highest BCUT2D eigenvalue weighted by molar-refractivity contribution is 7.80. The maximum absolute atomic E-state index is 6.09. The Morgan fingerprint density at radius 1 is 1.33 bits per heavy atom. The number of anilines is 1. The van der Waals surface area contributed by atoms with Crippen LogP contribution in [0.4, 0.5) is 5.69 Å². The molecule has 7 heteroatoms. The molecular weight excluding hydrogens is 380 g/mol. The molecule has 1 aromatic heterocycles. The van der Waals surface area contributed by atoms with E-state index in [-0.39, 0.29) is 0 Å². The summed E-state index contributed by atoms with van der Waals surface area (Å²) in [5, 5.41) is 4.77. The highest BCUT2D eigenvalue weighted by atomic mass is 35.5. The molecule has 0 bridgehead atoms. The Morgan fingerprint density at radius 3 is 3.07 bits per heavy atom. The second-order valence-corrected chi connectivity index (χ2v) is 7.55. The Bertz CT molecular complexity index is 974. The Hall–Kier alpha value is -2.31. The van der Waals surface area contributed by atoms with E-state index in [0.717, 1.165) is 59.3 Å². The number of halogens is 1. The summed E-state index contributed by atoms with van der Waals surface area (Å²) in [6.45, 7) is 1.78. The standard InChI is InChI=1S/C20H21ClN4OS/c1-26-16-6-2-5-15(11-16)22-20(27)25-9-3-4-13(12-25)19-23-17-8-7-14(21)10-18(17)24-19/h2,5-8,10-11,13H,3-4,9,12H2,1H3,(H,22,27)(H,23,24). The number of imidazole rings is 1. The van der Waals surface area contributed by atoms with E-state index in [2.05, 4.69) is 15.2 Å². The van der Waals surface area contributed by atoms with Gasteiger partial charge in [-0.15, -0.1) is 0 Å². The van der Waals surface area contributed by atoms with Gasteiger partial charge < -0.3 is 19.9 Å². The lowest BCUT2D eigenvalue weighted by atomic mass is 9.98. The SMILES string of the molecule is COc1cccc(NC(=S)N2CCCC(c3nc4ccc(Cl)cc4[nH]3)C2)c1. The van der Waals surface area contributed by atoms with Crippen LogP contribution in [0, 0.1) is 0 Å². The molecule has 1 aliphatic heterocycles. The number of aromatic amines is 1. The minimum Gasteiger partial charge on any atom is -0.497 e. The molecule has 0 saturated carbocycles. The molecule has 27 heavy (non-hydrogen) atoms. The van der Waals surface area contributed by atoms with E-state index >= 15 is 0 Å². The maximum atomic E-state index is 6.09. The van der Waals surface area contributed by atoms with Crippen molar-refractivity contribution in [2.45, 2.75) is 18.8 Å². The molecule has 5 nitrogen and oxygen atoms in total. The highest BCUT2D eigenvalue weighted by Gasteiger charge is 2.25. The summed E-state index contributed by atoms with van der Waals surface area (Å²) in [6, 6.07) is 13.5. The van der Waals surface area contributed by atoms with Crippen LogP contribution >= 0.6 is 23.8 Å². The molecule has 1 aliphatic rings. The number of hydrogen-bond donors (Lipinski definition) is 2. The van der Waals surface area contributed by atoms with Crippen LogP contribution in [-0.4, -0.2) is 40.2 Å². The summed E-state index contributed by atoms with van der Waals surface area (Å²) in [4.78, 5) is 10.4. The van der Waals surface area contributed by atoms with E-state index < -0.39 is 0 Å². The normalized spacial score (nSPS) is 17.1. The van der Waals surface area contributed by atoms with Crippen LogP contribution in [0.15, 0.2) is 42.5 Å². The van der Waals surface area contributed by atoms with Crippen molar-refractivity contribution >= 4 is 45.7 Å². The van der Waals surface area contributed by atoms with E-state index in [0.29, 0.717) is 10.9 Å². The number of fused-ring (bicyclic) bond motifs is 1. The second kappa shape index (κ2) is 7.74. The van der Waals surface area contributed by atoms with Crippen molar-refractivity contribution < 1.29 is 4.74 Å². The third-order valence-electron chi connectivity index (χ3n) is 4.88. The molecule has 1 saturated heterocycles. The number of nitrogens with one attached hydrogen (secondary N) is 2. The zero-order valence-corrected chi connectivity index (χ0v) is 16.6. The zero-order valence-electron chi connectivity index (χ0n) is 15.0. The van der Waals surface area contributed by atoms with Crippen LogP contribution in [0.5, 0.6) is 5.75 Å². The van der Waals surface area contributed by atoms with E-state index in [1.54, 1.807) is 7.11 Å². The largest absolute Gasteiger partial charge is 0.497 e. The third-order valence-corrected chi connectivity index (χ3v) is 5.47. The number of likely N-dealkylation sites (tertiary alicyclic amines) is 1. The first kappa shape index (κ1) is 18.1. The molecule has 140 valence electrons. The minimum atomic E-state index is 0.315. The van der Waals surface area contributed by atoms with Crippen LogP contribution in [0.25, 0.3) is 11.0 Å². The molecule has 1 atom stereocenters. The van der Waals surface area contributed by atoms with Gasteiger partial charge in [-0.3, -0.25) is 0 Å². The fraction of sp³-hybridized carbons (Fsp3) is 0.300. The molecule has 3 aromatic rings. The molecule has 2 heterocycles. The monoisotopic (exact) mass is 400 g/mol. The summed E-state index contributed by atoms with van der Waals surface area (Å²) < 4.78 is 5.28. The smallest absolute Gasteiger partial charge is 0.173 e. The molecule has 0 spiro atoms. The number of nitrogens with zero attached hydrogens (tertiary/aromatic N) is 2. The molecule has 2 N–H and O–H groups in total. The van der Waals surface area contributed by atoms with E-state index in [4.69, 9.17) is 33.5 Å². The van der Waals surface area contributed by atoms with Crippen LogP contribution in [0.1, 0.15) is 24.6 Å². The average molecular weight is 401 g/mol. The van der Waals surface area contributed by atoms with Gasteiger partial charge in [0.25, 0.3) is 0 Å². The number of H-pyrrole nitrogens is 1. The number of aromatic nitrogens is 2. The number of methoxy groups -OCH3 is 1. The first-order chi connectivity index (χ1) is 13.1. The van der Waals surface area contributed by atoms with Crippen LogP contribution in [0.3, 0.4) is 0 Å². The molecule has 0 radical (unpaired) electrons. The highest BCUT2D eigenvalue weighted by Crippen LogP contribution is 2.28. The number of piperidine rings is 1. The lowest BCUT2D eigenvalue weighted by molar-refractivity contribution is 0.307. The lowest BCUT2D eigenvalue weighted by Crippen LogP contribution is -2.41. The van der Waals surface area contributed by atoms with Crippen molar-refractivity contribution in [3.8, 4) is 5.75 Å². The van der Waals surface area contributed by atoms with E-state index in [1.807, 2.05) is 42.5 Å². The predicted octanol–water partition coefficient (Wildman–Crippen LogP) is 4.80. The van der Waals surface area contributed by atoms with Crippen molar-refractivity contribution in [3.05, 3.63) is 53.3 Å². The first-order valence-electron chi connectivity index (χ1n) is 8.97. The lowest BCUT2D eigenvalue weighted by Gasteiger charge is -2.33. The number of ether oxygens (including phenoxy) is 1. The van der Waals surface area contributed by atoms with Gasteiger partial charge in [0.05, 0.1) is 18.1 Å². The molecule has 2 aromatic carbocycles. The van der Waals surface area contributed by atoms with Crippen molar-refractivity contribution in [3.63, 3.8) is 0 Å². The van der Waals surface area contributed by atoms with Gasteiger partial charge in [0.15, 0.2) is 5.11 Å². The molecule has 0 amide bonds. The van der Waals surface area contributed by atoms with E-state index in [9.17, 15) is 0 Å². The first-order valence-corrected chi connectivity index (χ1v) is 9.76. The van der Waals surface area contributed by atoms with Gasteiger partial charge in [-0.2, -0.15) is 0 Å². The molecular formula is C20H21ClN4OS. The van der Waals surface area contributed by atoms with Crippen molar-refractivity contribution in [2.75, 3.05) is 25.5 Å². The molecule has 1 unspecified atom stereocenters. The Kier molecular flexibility index (Phi) is 5.18. The minimum absolute atomic E-state index is 0.315. The number of thiocarbonyl (C=S) groups is 1. The summed E-state index contributed by atoms with van der Waals surface area (Å²) in [5.41, 5.74) is 2.86. The quantitative estimate of drug-likeness (QED) is 0.618. The van der Waals surface area contributed by atoms with Crippen LogP contribution in [-0.2, 0) is 0 Å². The fourth-order valence-electron chi connectivity index (χ4n) is 3.48. The van der Waals surface area contributed by atoms with Crippen molar-refractivity contribution in [2.24, 2.45) is 0 Å². The second-order valence-electron chi connectivity index (χ2n) is 6.73. The van der Waals surface area contributed by atoms with Gasteiger partial charge in [0.1, 0.15) is 11.6 Å².